The first-order chi connectivity index (χ1) is 9.62. The largest absolute Gasteiger partial charge is 0.377 e. The van der Waals surface area contributed by atoms with Gasteiger partial charge < -0.3 is 4.74 Å². The molecule has 20 heavy (non-hydrogen) atoms. The van der Waals surface area contributed by atoms with E-state index in [9.17, 15) is 8.42 Å². The second-order valence-corrected chi connectivity index (χ2v) is 7.36. The molecule has 1 aliphatic carbocycles. The fraction of sp³-hybridized carbons (Fsp3) is 0.692. The number of hydrogen-bond acceptors (Lipinski definition) is 5. The van der Waals surface area contributed by atoms with Gasteiger partial charge in [0.15, 0.2) is 0 Å². The summed E-state index contributed by atoms with van der Waals surface area (Å²) in [5, 5.41) is 8.08. The zero-order valence-corrected chi connectivity index (χ0v) is 12.2. The number of aromatic nitrogens is 3. The van der Waals surface area contributed by atoms with Crippen LogP contribution in [0.1, 0.15) is 37.4 Å². The van der Waals surface area contributed by atoms with Crippen molar-refractivity contribution in [2.24, 2.45) is 0 Å². The molecule has 1 saturated carbocycles. The van der Waals surface area contributed by atoms with Crippen molar-refractivity contribution in [1.82, 2.24) is 14.8 Å². The van der Waals surface area contributed by atoms with E-state index in [-0.39, 0.29) is 17.0 Å². The lowest BCUT2D eigenvalue weighted by molar-refractivity contribution is 0.127. The summed E-state index contributed by atoms with van der Waals surface area (Å²) in [6.45, 7) is 4.76. The Morgan fingerprint density at radius 1 is 1.35 bits per heavy atom. The predicted octanol–water partition coefficient (Wildman–Crippen LogP) is 1.29. The van der Waals surface area contributed by atoms with E-state index in [2.05, 4.69) is 16.8 Å². The van der Waals surface area contributed by atoms with E-state index >= 15 is 0 Å². The van der Waals surface area contributed by atoms with Gasteiger partial charge in [0, 0.05) is 19.1 Å². The van der Waals surface area contributed by atoms with Crippen LogP contribution in [0, 0.1) is 0 Å². The highest BCUT2D eigenvalue weighted by Gasteiger charge is 2.34. The topological polar surface area (TPSA) is 74.1 Å². The molecule has 1 aromatic rings. The first-order valence-corrected chi connectivity index (χ1v) is 8.65. The monoisotopic (exact) mass is 297 g/mol. The molecule has 0 aromatic carbocycles. The lowest BCUT2D eigenvalue weighted by Crippen LogP contribution is -2.23. The Morgan fingerprint density at radius 3 is 2.75 bits per heavy atom. The van der Waals surface area contributed by atoms with Crippen molar-refractivity contribution in [2.45, 2.75) is 49.4 Å². The molecular weight excluding hydrogens is 278 g/mol. The van der Waals surface area contributed by atoms with E-state index in [0.29, 0.717) is 19.1 Å². The van der Waals surface area contributed by atoms with E-state index < -0.39 is 9.84 Å². The van der Waals surface area contributed by atoms with Crippen LogP contribution in [-0.2, 0) is 21.1 Å². The number of hydrogen-bond donors (Lipinski definition) is 0. The lowest BCUT2D eigenvalue weighted by Gasteiger charge is -2.11. The maximum absolute atomic E-state index is 12.5. The summed E-state index contributed by atoms with van der Waals surface area (Å²) in [4.78, 5) is 0. The fourth-order valence-electron chi connectivity index (χ4n) is 2.57. The van der Waals surface area contributed by atoms with Crippen LogP contribution < -0.4 is 0 Å². The molecular formula is C13H19N3O3S. The predicted molar refractivity (Wildman–Crippen MR) is 73.2 cm³/mol. The third kappa shape index (κ3) is 2.64. The number of nitrogens with zero attached hydrogens (tertiary/aromatic N) is 3. The average molecular weight is 297 g/mol. The summed E-state index contributed by atoms with van der Waals surface area (Å²) < 4.78 is 32.1. The van der Waals surface area contributed by atoms with E-state index in [0.717, 1.165) is 31.5 Å². The van der Waals surface area contributed by atoms with Crippen LogP contribution in [0.2, 0.25) is 0 Å². The molecule has 2 heterocycles. The minimum absolute atomic E-state index is 0.00700. The van der Waals surface area contributed by atoms with E-state index in [4.69, 9.17) is 4.74 Å². The highest BCUT2D eigenvalue weighted by atomic mass is 32.2. The Bertz CT molecular complexity index is 598. The van der Waals surface area contributed by atoms with Crippen molar-refractivity contribution in [3.05, 3.63) is 18.5 Å². The minimum atomic E-state index is -3.46. The molecule has 0 bridgehead atoms. The van der Waals surface area contributed by atoms with Gasteiger partial charge in [-0.1, -0.05) is 6.08 Å². The smallest absolute Gasteiger partial charge is 0.250 e. The number of allylic oxidation sites excluding steroid dienone is 1. The van der Waals surface area contributed by atoms with Crippen LogP contribution in [0.4, 0.5) is 0 Å². The standard InChI is InChI=1S/C13H19N3O3S/c1-2-7-16-12(10-5-6-10)14-15-13(16)20(17,18)9-11-4-3-8-19-11/h2,10-11H,1,3-9H2/t11-/m1/s1. The quantitative estimate of drug-likeness (QED) is 0.740. The molecule has 3 rings (SSSR count). The Labute approximate surface area is 118 Å². The molecule has 110 valence electrons. The maximum Gasteiger partial charge on any atom is 0.250 e. The number of sulfone groups is 1. The molecule has 0 radical (unpaired) electrons. The zero-order valence-electron chi connectivity index (χ0n) is 11.4. The maximum atomic E-state index is 12.5. The second-order valence-electron chi connectivity index (χ2n) is 5.43. The van der Waals surface area contributed by atoms with Gasteiger partial charge in [-0.3, -0.25) is 4.57 Å². The molecule has 2 fully saturated rings. The molecule has 1 atom stereocenters. The third-order valence-electron chi connectivity index (χ3n) is 3.71. The van der Waals surface area contributed by atoms with Gasteiger partial charge in [-0.15, -0.1) is 16.8 Å². The van der Waals surface area contributed by atoms with Crippen molar-refractivity contribution in [3.63, 3.8) is 0 Å². The summed E-state index contributed by atoms with van der Waals surface area (Å²) in [7, 11) is -3.46. The Kier molecular flexibility index (Phi) is 3.64. The van der Waals surface area contributed by atoms with Crippen molar-refractivity contribution >= 4 is 9.84 Å². The molecule has 2 aliphatic rings. The highest BCUT2D eigenvalue weighted by Crippen LogP contribution is 2.39. The van der Waals surface area contributed by atoms with Crippen LogP contribution >= 0.6 is 0 Å². The summed E-state index contributed by atoms with van der Waals surface area (Å²) in [6.07, 6.45) is 5.30. The SMILES string of the molecule is C=CCn1c(C2CC2)nnc1S(=O)(=O)C[C@H]1CCCO1. The van der Waals surface area contributed by atoms with Gasteiger partial charge in [0.05, 0.1) is 11.9 Å². The van der Waals surface area contributed by atoms with E-state index in [1.54, 1.807) is 10.6 Å². The Balaban J connectivity index is 1.89. The van der Waals surface area contributed by atoms with E-state index in [1.165, 1.54) is 0 Å². The van der Waals surface area contributed by atoms with Gasteiger partial charge in [-0.05, 0) is 25.7 Å². The van der Waals surface area contributed by atoms with Crippen molar-refractivity contribution in [2.75, 3.05) is 12.4 Å². The first-order valence-electron chi connectivity index (χ1n) is 7.00. The molecule has 7 heteroatoms. The van der Waals surface area contributed by atoms with Gasteiger partial charge >= 0.3 is 0 Å². The lowest BCUT2D eigenvalue weighted by atomic mass is 10.3. The minimum Gasteiger partial charge on any atom is -0.377 e. The first kappa shape index (κ1) is 13.8. The Morgan fingerprint density at radius 2 is 2.15 bits per heavy atom. The second kappa shape index (κ2) is 5.29. The highest BCUT2D eigenvalue weighted by molar-refractivity contribution is 7.91. The van der Waals surface area contributed by atoms with E-state index in [1.807, 2.05) is 0 Å². The van der Waals surface area contributed by atoms with Gasteiger partial charge in [0.25, 0.3) is 0 Å². The number of ether oxygens (including phenoxy) is 1. The van der Waals surface area contributed by atoms with Crippen molar-refractivity contribution in [3.8, 4) is 0 Å². The van der Waals surface area contributed by atoms with Crippen LogP contribution in [0.25, 0.3) is 0 Å². The normalized spacial score (nSPS) is 23.1. The summed E-state index contributed by atoms with van der Waals surface area (Å²) >= 11 is 0. The summed E-state index contributed by atoms with van der Waals surface area (Å²) in [5.74, 6) is 1.12. The average Bonchev–Trinajstić information content (AvgIpc) is 2.95. The van der Waals surface area contributed by atoms with Gasteiger partial charge in [-0.25, -0.2) is 8.42 Å². The molecule has 0 amide bonds. The molecule has 1 aromatic heterocycles. The van der Waals surface area contributed by atoms with Crippen molar-refractivity contribution < 1.29 is 13.2 Å². The van der Waals surface area contributed by atoms with Crippen LogP contribution in [0.15, 0.2) is 17.8 Å². The van der Waals surface area contributed by atoms with Gasteiger partial charge in [-0.2, -0.15) is 0 Å². The van der Waals surface area contributed by atoms with Gasteiger partial charge in [0.1, 0.15) is 5.82 Å². The molecule has 0 N–H and O–H groups in total. The molecule has 0 spiro atoms. The number of rotatable bonds is 6. The molecule has 0 unspecified atom stereocenters. The summed E-state index contributed by atoms with van der Waals surface area (Å²) in [5.41, 5.74) is 0. The van der Waals surface area contributed by atoms with Crippen LogP contribution in [0.5, 0.6) is 0 Å². The van der Waals surface area contributed by atoms with Gasteiger partial charge in [0.2, 0.25) is 15.0 Å². The zero-order chi connectivity index (χ0) is 14.2. The fourth-order valence-corrected chi connectivity index (χ4v) is 4.14. The summed E-state index contributed by atoms with van der Waals surface area (Å²) in [6, 6.07) is 0. The molecule has 1 aliphatic heterocycles. The third-order valence-corrected chi connectivity index (χ3v) is 5.38. The van der Waals surface area contributed by atoms with Crippen molar-refractivity contribution in [1.29, 1.82) is 0 Å². The molecule has 1 saturated heterocycles. The van der Waals surface area contributed by atoms with Crippen LogP contribution in [-0.4, -0.2) is 41.6 Å². The molecule has 6 nitrogen and oxygen atoms in total. The Hall–Kier alpha value is -1.21. The van der Waals surface area contributed by atoms with Crippen LogP contribution in [0.3, 0.4) is 0 Å².